The molecule has 0 aliphatic rings. The smallest absolute Gasteiger partial charge is 0.133 e. The van der Waals surface area contributed by atoms with Crippen molar-refractivity contribution in [3.8, 4) is 0 Å². The Morgan fingerprint density at radius 1 is 1.27 bits per heavy atom. The number of rotatable bonds is 2. The van der Waals surface area contributed by atoms with Gasteiger partial charge in [0.25, 0.3) is 0 Å². The molecule has 3 heteroatoms. The average molecular weight is 193 g/mol. The van der Waals surface area contributed by atoms with Crippen molar-refractivity contribution >= 4 is 23.2 Å². The van der Waals surface area contributed by atoms with Gasteiger partial charge in [-0.05, 0) is 11.1 Å². The molecule has 1 rings (SSSR count). The van der Waals surface area contributed by atoms with Gasteiger partial charge in [0.2, 0.25) is 0 Å². The molecule has 0 amide bonds. The summed E-state index contributed by atoms with van der Waals surface area (Å²) in [5.41, 5.74) is 1.21. The molecule has 0 spiro atoms. The van der Waals surface area contributed by atoms with Crippen molar-refractivity contribution in [2.24, 2.45) is 0 Å². The minimum Gasteiger partial charge on any atom is -0.246 e. The van der Waals surface area contributed by atoms with Gasteiger partial charge in [-0.3, -0.25) is 0 Å². The van der Waals surface area contributed by atoms with E-state index in [2.05, 4.69) is 0 Å². The highest BCUT2D eigenvalue weighted by atomic mass is 35.5. The zero-order chi connectivity index (χ0) is 8.27. The lowest BCUT2D eigenvalue weighted by Crippen LogP contribution is -1.89. The second-order valence-corrected chi connectivity index (χ2v) is 3.23. The van der Waals surface area contributed by atoms with Crippen LogP contribution in [-0.4, -0.2) is 0 Å². The normalized spacial score (nSPS) is 10.5. The molecule has 0 fully saturated rings. The molecule has 1 aromatic rings. The van der Waals surface area contributed by atoms with Crippen LogP contribution in [-0.2, 0) is 6.67 Å². The second kappa shape index (κ2) is 3.93. The molecule has 1 aromatic carbocycles. The summed E-state index contributed by atoms with van der Waals surface area (Å²) in [4.78, 5) is -0.637. The molecule has 0 unspecified atom stereocenters. The Bertz CT molecular complexity index is 235. The lowest BCUT2D eigenvalue weighted by Gasteiger charge is -2.05. The Labute approximate surface area is 74.9 Å². The highest BCUT2D eigenvalue weighted by molar-refractivity contribution is 6.44. The topological polar surface area (TPSA) is 0 Å². The Morgan fingerprint density at radius 3 is 2.36 bits per heavy atom. The first-order valence-corrected chi connectivity index (χ1v) is 4.05. The molecule has 60 valence electrons. The van der Waals surface area contributed by atoms with E-state index in [-0.39, 0.29) is 0 Å². The zero-order valence-corrected chi connectivity index (χ0v) is 7.24. The third kappa shape index (κ3) is 2.08. The maximum atomic E-state index is 12.2. The van der Waals surface area contributed by atoms with Crippen LogP contribution in [0.15, 0.2) is 24.3 Å². The van der Waals surface area contributed by atoms with E-state index in [0.29, 0.717) is 11.1 Å². The van der Waals surface area contributed by atoms with Gasteiger partial charge in [0.1, 0.15) is 11.5 Å². The standard InChI is InChI=1S/C8H7Cl2F/c9-8(10)7-4-2-1-3-6(7)5-11/h1-4,8H,5H2. The van der Waals surface area contributed by atoms with E-state index in [9.17, 15) is 4.39 Å². The Balaban J connectivity index is 3.02. The summed E-state index contributed by atoms with van der Waals surface area (Å²) in [7, 11) is 0. The summed E-state index contributed by atoms with van der Waals surface area (Å²) < 4.78 is 12.2. The number of benzene rings is 1. The van der Waals surface area contributed by atoms with Gasteiger partial charge in [-0.15, -0.1) is 23.2 Å². The van der Waals surface area contributed by atoms with E-state index in [1.54, 1.807) is 24.3 Å². The first-order chi connectivity index (χ1) is 5.25. The van der Waals surface area contributed by atoms with Crippen LogP contribution in [0.25, 0.3) is 0 Å². The maximum Gasteiger partial charge on any atom is 0.133 e. The van der Waals surface area contributed by atoms with Crippen molar-refractivity contribution in [3.05, 3.63) is 35.4 Å². The summed E-state index contributed by atoms with van der Waals surface area (Å²) in [6.07, 6.45) is 0. The van der Waals surface area contributed by atoms with Crippen LogP contribution in [0.3, 0.4) is 0 Å². The Kier molecular flexibility index (Phi) is 3.16. The summed E-state index contributed by atoms with van der Waals surface area (Å²) in [5, 5.41) is 0. The van der Waals surface area contributed by atoms with Crippen molar-refractivity contribution in [1.82, 2.24) is 0 Å². The van der Waals surface area contributed by atoms with Crippen LogP contribution >= 0.6 is 23.2 Å². The molecule has 0 nitrogen and oxygen atoms in total. The van der Waals surface area contributed by atoms with Gasteiger partial charge in [0, 0.05) is 0 Å². The minimum absolute atomic E-state index is 0.522. The fraction of sp³-hybridized carbons (Fsp3) is 0.250. The molecule has 0 heterocycles. The van der Waals surface area contributed by atoms with Gasteiger partial charge in [-0.2, -0.15) is 0 Å². The molecule has 11 heavy (non-hydrogen) atoms. The van der Waals surface area contributed by atoms with E-state index < -0.39 is 11.5 Å². The molecular weight excluding hydrogens is 186 g/mol. The number of alkyl halides is 3. The fourth-order valence-electron chi connectivity index (χ4n) is 0.869. The molecule has 0 aliphatic heterocycles. The van der Waals surface area contributed by atoms with E-state index in [4.69, 9.17) is 23.2 Å². The van der Waals surface area contributed by atoms with Crippen molar-refractivity contribution in [2.45, 2.75) is 11.5 Å². The third-order valence-corrected chi connectivity index (χ3v) is 1.90. The van der Waals surface area contributed by atoms with Crippen molar-refractivity contribution in [2.75, 3.05) is 0 Å². The summed E-state index contributed by atoms with van der Waals surface area (Å²) in [6, 6.07) is 6.94. The van der Waals surface area contributed by atoms with E-state index in [1.807, 2.05) is 0 Å². The van der Waals surface area contributed by atoms with Crippen molar-refractivity contribution in [1.29, 1.82) is 0 Å². The van der Waals surface area contributed by atoms with Crippen LogP contribution in [0.4, 0.5) is 4.39 Å². The quantitative estimate of drug-likeness (QED) is 0.629. The van der Waals surface area contributed by atoms with E-state index >= 15 is 0 Å². The number of halogens is 3. The lowest BCUT2D eigenvalue weighted by molar-refractivity contribution is 0.483. The molecule has 0 saturated heterocycles. The summed E-state index contributed by atoms with van der Waals surface area (Å²) in [5.74, 6) is 0. The van der Waals surface area contributed by atoms with Crippen molar-refractivity contribution < 1.29 is 4.39 Å². The van der Waals surface area contributed by atoms with Crippen LogP contribution in [0, 0.1) is 0 Å². The van der Waals surface area contributed by atoms with Gasteiger partial charge in [-0.25, -0.2) is 4.39 Å². The number of hydrogen-bond acceptors (Lipinski definition) is 0. The van der Waals surface area contributed by atoms with Gasteiger partial charge >= 0.3 is 0 Å². The molecule has 0 atom stereocenters. The molecule has 0 aliphatic carbocycles. The third-order valence-electron chi connectivity index (χ3n) is 1.43. The minimum atomic E-state index is -0.637. The van der Waals surface area contributed by atoms with E-state index in [0.717, 1.165) is 0 Å². The largest absolute Gasteiger partial charge is 0.246 e. The Hall–Kier alpha value is -0.270. The molecule has 0 aromatic heterocycles. The highest BCUT2D eigenvalue weighted by Crippen LogP contribution is 2.27. The summed E-state index contributed by atoms with van der Waals surface area (Å²) in [6.45, 7) is -0.522. The second-order valence-electron chi connectivity index (χ2n) is 2.13. The predicted octanol–water partition coefficient (Wildman–Crippen LogP) is 3.63. The molecule has 0 bridgehead atoms. The number of hydrogen-bond donors (Lipinski definition) is 0. The monoisotopic (exact) mass is 192 g/mol. The lowest BCUT2D eigenvalue weighted by atomic mass is 10.1. The highest BCUT2D eigenvalue weighted by Gasteiger charge is 2.07. The first-order valence-electron chi connectivity index (χ1n) is 3.17. The molecule has 0 N–H and O–H groups in total. The SMILES string of the molecule is FCc1ccccc1C(Cl)Cl. The predicted molar refractivity (Wildman–Crippen MR) is 45.7 cm³/mol. The van der Waals surface area contributed by atoms with Crippen LogP contribution in [0.2, 0.25) is 0 Å². The van der Waals surface area contributed by atoms with Crippen molar-refractivity contribution in [3.63, 3.8) is 0 Å². The zero-order valence-electron chi connectivity index (χ0n) is 5.73. The van der Waals surface area contributed by atoms with Gasteiger partial charge < -0.3 is 0 Å². The van der Waals surface area contributed by atoms with Crippen LogP contribution in [0.1, 0.15) is 16.0 Å². The van der Waals surface area contributed by atoms with Gasteiger partial charge in [0.15, 0.2) is 0 Å². The van der Waals surface area contributed by atoms with Crippen LogP contribution in [0.5, 0.6) is 0 Å². The fourth-order valence-corrected chi connectivity index (χ4v) is 1.29. The Morgan fingerprint density at radius 2 is 1.91 bits per heavy atom. The maximum absolute atomic E-state index is 12.2. The molecule has 0 radical (unpaired) electrons. The molecular formula is C8H7Cl2F. The van der Waals surface area contributed by atoms with Gasteiger partial charge in [0.05, 0.1) is 0 Å². The van der Waals surface area contributed by atoms with Gasteiger partial charge in [-0.1, -0.05) is 24.3 Å². The van der Waals surface area contributed by atoms with Crippen LogP contribution < -0.4 is 0 Å². The first kappa shape index (κ1) is 8.82. The summed E-state index contributed by atoms with van der Waals surface area (Å²) >= 11 is 11.2. The van der Waals surface area contributed by atoms with E-state index in [1.165, 1.54) is 0 Å². The average Bonchev–Trinajstić information content (AvgIpc) is 2.04. The molecule has 0 saturated carbocycles.